The van der Waals surface area contributed by atoms with E-state index in [4.69, 9.17) is 18.9 Å². The highest BCUT2D eigenvalue weighted by Crippen LogP contribution is 2.38. The minimum Gasteiger partial charge on any atom is -0.493 e. The third-order valence-electron chi connectivity index (χ3n) is 5.29. The van der Waals surface area contributed by atoms with Gasteiger partial charge in [-0.3, -0.25) is 14.5 Å². The first kappa shape index (κ1) is 24.3. The number of carbonyl (C=O) groups excluding carboxylic acids is 2. The number of ether oxygens (including phenoxy) is 4. The number of benzene rings is 2. The molecule has 9 nitrogen and oxygen atoms in total. The highest BCUT2D eigenvalue weighted by Gasteiger charge is 2.15. The molecule has 178 valence electrons. The van der Waals surface area contributed by atoms with Crippen LogP contribution in [0.25, 0.3) is 0 Å². The number of carbonyl (C=O) groups is 2. The summed E-state index contributed by atoms with van der Waals surface area (Å²) in [6.45, 7) is 3.16. The lowest BCUT2D eigenvalue weighted by molar-refractivity contribution is -0.118. The number of methoxy groups -OCH3 is 3. The Morgan fingerprint density at radius 1 is 0.879 bits per heavy atom. The lowest BCUT2D eigenvalue weighted by Crippen LogP contribution is -2.41. The van der Waals surface area contributed by atoms with Crippen molar-refractivity contribution in [3.63, 3.8) is 0 Å². The van der Waals surface area contributed by atoms with Crippen LogP contribution in [-0.2, 0) is 20.7 Å². The van der Waals surface area contributed by atoms with Gasteiger partial charge in [0.15, 0.2) is 11.5 Å². The zero-order chi connectivity index (χ0) is 23.6. The van der Waals surface area contributed by atoms with Gasteiger partial charge < -0.3 is 29.6 Å². The molecule has 2 aromatic rings. The van der Waals surface area contributed by atoms with Crippen LogP contribution in [0.4, 0.5) is 11.4 Å². The Kier molecular flexibility index (Phi) is 8.91. The van der Waals surface area contributed by atoms with Crippen LogP contribution < -0.4 is 24.8 Å². The minimum atomic E-state index is -0.118. The Balaban J connectivity index is 1.49. The summed E-state index contributed by atoms with van der Waals surface area (Å²) in [7, 11) is 4.67. The number of morpholine rings is 1. The first-order valence-electron chi connectivity index (χ1n) is 10.8. The molecule has 1 aliphatic heterocycles. The molecule has 2 N–H and O–H groups in total. The molecule has 1 saturated heterocycles. The van der Waals surface area contributed by atoms with Crippen molar-refractivity contribution in [3.8, 4) is 17.2 Å². The average Bonchev–Trinajstić information content (AvgIpc) is 2.83. The summed E-state index contributed by atoms with van der Waals surface area (Å²) in [5, 5.41) is 5.76. The van der Waals surface area contributed by atoms with Crippen molar-refractivity contribution in [1.82, 2.24) is 4.90 Å². The molecule has 0 saturated carbocycles. The van der Waals surface area contributed by atoms with E-state index in [0.717, 1.165) is 18.7 Å². The van der Waals surface area contributed by atoms with Gasteiger partial charge in [0.05, 0.1) is 41.1 Å². The Morgan fingerprint density at radius 3 is 1.94 bits per heavy atom. The van der Waals surface area contributed by atoms with Crippen molar-refractivity contribution in [2.45, 2.75) is 12.8 Å². The molecule has 1 fully saturated rings. The van der Waals surface area contributed by atoms with Crippen LogP contribution >= 0.6 is 0 Å². The van der Waals surface area contributed by atoms with E-state index in [1.807, 2.05) is 12.1 Å². The molecule has 0 aromatic heterocycles. The van der Waals surface area contributed by atoms with Crippen LogP contribution in [0.15, 0.2) is 36.4 Å². The molecule has 33 heavy (non-hydrogen) atoms. The van der Waals surface area contributed by atoms with Gasteiger partial charge in [0.25, 0.3) is 0 Å². The van der Waals surface area contributed by atoms with Gasteiger partial charge in [-0.25, -0.2) is 0 Å². The van der Waals surface area contributed by atoms with Crippen molar-refractivity contribution in [3.05, 3.63) is 42.0 Å². The molecular formula is C24H31N3O6. The summed E-state index contributed by atoms with van der Waals surface area (Å²) in [6.07, 6.45) is 0.800. The largest absolute Gasteiger partial charge is 0.493 e. The number of nitrogens with zero attached hydrogens (tertiary/aromatic N) is 1. The highest BCUT2D eigenvalue weighted by atomic mass is 16.5. The molecule has 0 unspecified atom stereocenters. The summed E-state index contributed by atoms with van der Waals surface area (Å²) in [4.78, 5) is 26.7. The van der Waals surface area contributed by atoms with E-state index in [9.17, 15) is 9.59 Å². The molecule has 0 aliphatic carbocycles. The van der Waals surface area contributed by atoms with Crippen molar-refractivity contribution >= 4 is 23.2 Å². The fourth-order valence-corrected chi connectivity index (χ4v) is 3.56. The molecule has 0 spiro atoms. The smallest absolute Gasteiger partial charge is 0.238 e. The predicted molar refractivity (Wildman–Crippen MR) is 125 cm³/mol. The summed E-state index contributed by atoms with van der Waals surface area (Å²) in [6, 6.07) is 10.7. The topological polar surface area (TPSA) is 98.4 Å². The Morgan fingerprint density at radius 2 is 1.42 bits per heavy atom. The van der Waals surface area contributed by atoms with Crippen molar-refractivity contribution in [2.24, 2.45) is 0 Å². The first-order valence-corrected chi connectivity index (χ1v) is 10.8. The van der Waals surface area contributed by atoms with Crippen molar-refractivity contribution in [2.75, 3.05) is 64.8 Å². The van der Waals surface area contributed by atoms with E-state index in [-0.39, 0.29) is 18.2 Å². The number of amides is 2. The Labute approximate surface area is 193 Å². The second kappa shape index (κ2) is 12.1. The van der Waals surface area contributed by atoms with E-state index in [2.05, 4.69) is 15.5 Å². The van der Waals surface area contributed by atoms with E-state index in [1.165, 1.54) is 0 Å². The maximum Gasteiger partial charge on any atom is 0.238 e. The van der Waals surface area contributed by atoms with Crippen LogP contribution in [0.1, 0.15) is 12.0 Å². The molecule has 1 heterocycles. The lowest BCUT2D eigenvalue weighted by Gasteiger charge is -2.25. The van der Waals surface area contributed by atoms with Gasteiger partial charge in [-0.15, -0.1) is 0 Å². The summed E-state index contributed by atoms with van der Waals surface area (Å²) < 4.78 is 21.3. The van der Waals surface area contributed by atoms with Gasteiger partial charge in [0.1, 0.15) is 0 Å². The van der Waals surface area contributed by atoms with E-state index in [1.54, 1.807) is 45.6 Å². The molecular weight excluding hydrogens is 426 g/mol. The number of anilines is 2. The average molecular weight is 458 g/mol. The molecule has 0 bridgehead atoms. The van der Waals surface area contributed by atoms with Crippen LogP contribution in [0, 0.1) is 0 Å². The van der Waals surface area contributed by atoms with E-state index in [0.29, 0.717) is 54.8 Å². The van der Waals surface area contributed by atoms with Crippen LogP contribution in [-0.4, -0.2) is 70.9 Å². The molecule has 1 aliphatic rings. The monoisotopic (exact) mass is 457 g/mol. The van der Waals surface area contributed by atoms with Crippen molar-refractivity contribution < 1.29 is 28.5 Å². The number of aryl methyl sites for hydroxylation is 1. The molecule has 0 atom stereocenters. The molecule has 3 rings (SSSR count). The zero-order valence-corrected chi connectivity index (χ0v) is 19.3. The fraction of sp³-hybridized carbons (Fsp3) is 0.417. The van der Waals surface area contributed by atoms with Gasteiger partial charge in [-0.05, 0) is 48.4 Å². The van der Waals surface area contributed by atoms with E-state index >= 15 is 0 Å². The maximum absolute atomic E-state index is 12.4. The van der Waals surface area contributed by atoms with Gasteiger partial charge in [0.2, 0.25) is 17.6 Å². The SMILES string of the molecule is COc1cc(CCC(=O)Nc2ccc(NC(=O)CN3CCOCC3)cc2)cc(OC)c1OC. The minimum absolute atomic E-state index is 0.0703. The van der Waals surface area contributed by atoms with Gasteiger partial charge in [0, 0.05) is 30.9 Å². The Bertz CT molecular complexity index is 917. The molecule has 0 radical (unpaired) electrons. The Hall–Kier alpha value is -3.30. The van der Waals surface area contributed by atoms with E-state index < -0.39 is 0 Å². The number of hydrogen-bond acceptors (Lipinski definition) is 7. The van der Waals surface area contributed by atoms with Crippen LogP contribution in [0.3, 0.4) is 0 Å². The summed E-state index contributed by atoms with van der Waals surface area (Å²) in [5.74, 6) is 1.44. The third-order valence-corrected chi connectivity index (χ3v) is 5.29. The zero-order valence-electron chi connectivity index (χ0n) is 19.3. The number of rotatable bonds is 10. The number of hydrogen-bond donors (Lipinski definition) is 2. The second-order valence-corrected chi connectivity index (χ2v) is 7.60. The molecule has 2 aromatic carbocycles. The maximum atomic E-state index is 12.4. The standard InChI is InChI=1S/C24H31N3O6/c1-30-20-14-17(15-21(31-2)24(20)32-3)4-9-22(28)25-18-5-7-19(8-6-18)26-23(29)16-27-10-12-33-13-11-27/h5-8,14-15H,4,9-13,16H2,1-3H3,(H,25,28)(H,26,29). The fourth-order valence-electron chi connectivity index (χ4n) is 3.56. The second-order valence-electron chi connectivity index (χ2n) is 7.60. The van der Waals surface area contributed by atoms with Crippen LogP contribution in [0.5, 0.6) is 17.2 Å². The summed E-state index contributed by atoms with van der Waals surface area (Å²) >= 11 is 0. The summed E-state index contributed by atoms with van der Waals surface area (Å²) in [5.41, 5.74) is 2.25. The van der Waals surface area contributed by atoms with Gasteiger partial charge in [-0.2, -0.15) is 0 Å². The molecule has 9 heteroatoms. The van der Waals surface area contributed by atoms with Crippen molar-refractivity contribution in [1.29, 1.82) is 0 Å². The lowest BCUT2D eigenvalue weighted by atomic mass is 10.1. The highest BCUT2D eigenvalue weighted by molar-refractivity contribution is 5.93. The quantitative estimate of drug-likeness (QED) is 0.566. The predicted octanol–water partition coefficient (Wildman–Crippen LogP) is 2.55. The van der Waals surface area contributed by atoms with Gasteiger partial charge >= 0.3 is 0 Å². The first-order chi connectivity index (χ1) is 16.0. The number of nitrogens with one attached hydrogen (secondary N) is 2. The van der Waals surface area contributed by atoms with Crippen LogP contribution in [0.2, 0.25) is 0 Å². The normalized spacial score (nSPS) is 13.8. The molecule has 2 amide bonds. The third kappa shape index (κ3) is 7.10. The van der Waals surface area contributed by atoms with Gasteiger partial charge in [-0.1, -0.05) is 0 Å².